The molecule has 3 nitrogen and oxygen atoms in total. The zero-order valence-corrected chi connectivity index (χ0v) is 13.2. The first-order chi connectivity index (χ1) is 9.04. The van der Waals surface area contributed by atoms with Crippen molar-refractivity contribution >= 4 is 49.1 Å². The van der Waals surface area contributed by atoms with E-state index in [1.807, 2.05) is 24.3 Å². The summed E-state index contributed by atoms with van der Waals surface area (Å²) in [6.45, 7) is 0. The first-order valence-corrected chi connectivity index (χ1v) is 7.22. The maximum absolute atomic E-state index is 11.9. The second-order valence-corrected chi connectivity index (χ2v) is 5.86. The van der Waals surface area contributed by atoms with E-state index in [1.165, 1.54) is 0 Å². The standard InChI is InChI=1S/C14H12Br2N2O/c15-10-3-1-9(2-4-10)7-14(19)18-11-5-6-13(17)12(16)8-11/h1-6,8H,7,17H2,(H,18,19). The highest BCUT2D eigenvalue weighted by Gasteiger charge is 2.05. The highest BCUT2D eigenvalue weighted by Crippen LogP contribution is 2.23. The van der Waals surface area contributed by atoms with Crippen molar-refractivity contribution in [2.45, 2.75) is 6.42 Å². The van der Waals surface area contributed by atoms with Crippen LogP contribution in [-0.4, -0.2) is 5.91 Å². The van der Waals surface area contributed by atoms with Crippen molar-refractivity contribution in [1.82, 2.24) is 0 Å². The number of nitrogen functional groups attached to an aromatic ring is 1. The van der Waals surface area contributed by atoms with Crippen LogP contribution in [-0.2, 0) is 11.2 Å². The molecule has 0 fully saturated rings. The molecule has 3 N–H and O–H groups in total. The third-order valence-corrected chi connectivity index (χ3v) is 3.78. The number of nitrogens with two attached hydrogens (primary N) is 1. The Morgan fingerprint density at radius 2 is 1.79 bits per heavy atom. The van der Waals surface area contributed by atoms with E-state index >= 15 is 0 Å². The predicted octanol–water partition coefficient (Wildman–Crippen LogP) is 3.98. The minimum absolute atomic E-state index is 0.0565. The monoisotopic (exact) mass is 382 g/mol. The minimum atomic E-state index is -0.0565. The number of anilines is 2. The molecule has 0 atom stereocenters. The number of halogens is 2. The molecule has 2 aromatic carbocycles. The molecule has 0 saturated heterocycles. The summed E-state index contributed by atoms with van der Waals surface area (Å²) >= 11 is 6.69. The van der Waals surface area contributed by atoms with E-state index in [2.05, 4.69) is 37.2 Å². The van der Waals surface area contributed by atoms with Crippen molar-refractivity contribution < 1.29 is 4.79 Å². The summed E-state index contributed by atoms with van der Waals surface area (Å²) < 4.78 is 1.77. The molecule has 0 heterocycles. The maximum atomic E-state index is 11.9. The molecular formula is C14H12Br2N2O. The van der Waals surface area contributed by atoms with E-state index in [1.54, 1.807) is 18.2 Å². The lowest BCUT2D eigenvalue weighted by Crippen LogP contribution is -2.14. The van der Waals surface area contributed by atoms with Gasteiger partial charge in [0.25, 0.3) is 0 Å². The van der Waals surface area contributed by atoms with Crippen LogP contribution in [0.5, 0.6) is 0 Å². The third kappa shape index (κ3) is 4.08. The molecule has 0 spiro atoms. The van der Waals surface area contributed by atoms with Gasteiger partial charge in [-0.05, 0) is 51.8 Å². The molecule has 0 aliphatic heterocycles. The minimum Gasteiger partial charge on any atom is -0.398 e. The predicted molar refractivity (Wildman–Crippen MR) is 85.0 cm³/mol. The van der Waals surface area contributed by atoms with Crippen LogP contribution in [0.25, 0.3) is 0 Å². The second-order valence-electron chi connectivity index (χ2n) is 4.09. The van der Waals surface area contributed by atoms with E-state index in [-0.39, 0.29) is 5.91 Å². The van der Waals surface area contributed by atoms with Crippen molar-refractivity contribution in [3.63, 3.8) is 0 Å². The fourth-order valence-electron chi connectivity index (χ4n) is 1.60. The number of nitrogens with one attached hydrogen (secondary N) is 1. The number of benzene rings is 2. The van der Waals surface area contributed by atoms with Crippen LogP contribution in [0, 0.1) is 0 Å². The van der Waals surface area contributed by atoms with Gasteiger partial charge in [-0.1, -0.05) is 28.1 Å². The quantitative estimate of drug-likeness (QED) is 0.787. The number of carbonyl (C=O) groups is 1. The lowest BCUT2D eigenvalue weighted by atomic mass is 10.1. The summed E-state index contributed by atoms with van der Waals surface area (Å²) in [6.07, 6.45) is 0.343. The first-order valence-electron chi connectivity index (χ1n) is 5.64. The molecule has 2 rings (SSSR count). The van der Waals surface area contributed by atoms with Gasteiger partial charge in [-0.25, -0.2) is 0 Å². The number of hydrogen-bond donors (Lipinski definition) is 2. The Morgan fingerprint density at radius 1 is 1.11 bits per heavy atom. The van der Waals surface area contributed by atoms with Gasteiger partial charge in [-0.3, -0.25) is 4.79 Å². The van der Waals surface area contributed by atoms with Crippen LogP contribution in [0.15, 0.2) is 51.4 Å². The number of rotatable bonds is 3. The molecule has 19 heavy (non-hydrogen) atoms. The van der Waals surface area contributed by atoms with Crippen LogP contribution in [0.2, 0.25) is 0 Å². The van der Waals surface area contributed by atoms with Crippen molar-refractivity contribution in [3.8, 4) is 0 Å². The van der Waals surface area contributed by atoms with Crippen LogP contribution in [0.4, 0.5) is 11.4 Å². The fourth-order valence-corrected chi connectivity index (χ4v) is 2.24. The Balaban J connectivity index is 2.01. The molecular weight excluding hydrogens is 372 g/mol. The second kappa shape index (κ2) is 6.21. The zero-order chi connectivity index (χ0) is 13.8. The molecule has 1 amide bonds. The van der Waals surface area contributed by atoms with Gasteiger partial charge in [0.1, 0.15) is 0 Å². The largest absolute Gasteiger partial charge is 0.398 e. The topological polar surface area (TPSA) is 55.1 Å². The van der Waals surface area contributed by atoms with Gasteiger partial charge in [-0.15, -0.1) is 0 Å². The van der Waals surface area contributed by atoms with E-state index in [4.69, 9.17) is 5.73 Å². The van der Waals surface area contributed by atoms with Gasteiger partial charge >= 0.3 is 0 Å². The number of carbonyl (C=O) groups excluding carboxylic acids is 1. The molecule has 5 heteroatoms. The number of amides is 1. The van der Waals surface area contributed by atoms with Gasteiger partial charge in [0, 0.05) is 20.3 Å². The average molecular weight is 384 g/mol. The fraction of sp³-hybridized carbons (Fsp3) is 0.0714. The van der Waals surface area contributed by atoms with E-state index < -0.39 is 0 Å². The first kappa shape index (κ1) is 14.1. The van der Waals surface area contributed by atoms with Crippen LogP contribution >= 0.6 is 31.9 Å². The van der Waals surface area contributed by atoms with E-state index in [0.717, 1.165) is 20.2 Å². The zero-order valence-electron chi connectivity index (χ0n) is 9.99. The van der Waals surface area contributed by atoms with Gasteiger partial charge in [0.15, 0.2) is 0 Å². The summed E-state index contributed by atoms with van der Waals surface area (Å²) in [5, 5.41) is 2.84. The highest BCUT2D eigenvalue weighted by molar-refractivity contribution is 9.10. The summed E-state index contributed by atoms with van der Waals surface area (Å²) in [4.78, 5) is 11.9. The molecule has 0 aromatic heterocycles. The summed E-state index contributed by atoms with van der Waals surface area (Å²) in [5.41, 5.74) is 8.03. The molecule has 0 unspecified atom stereocenters. The molecule has 98 valence electrons. The summed E-state index contributed by atoms with van der Waals surface area (Å²) in [5.74, 6) is -0.0565. The van der Waals surface area contributed by atoms with Crippen LogP contribution in [0.3, 0.4) is 0 Å². The van der Waals surface area contributed by atoms with Gasteiger partial charge in [0.2, 0.25) is 5.91 Å². The summed E-state index contributed by atoms with van der Waals surface area (Å²) in [6, 6.07) is 13.0. The van der Waals surface area contributed by atoms with Crippen molar-refractivity contribution in [1.29, 1.82) is 0 Å². The van der Waals surface area contributed by atoms with Crippen LogP contribution < -0.4 is 11.1 Å². The Morgan fingerprint density at radius 3 is 2.42 bits per heavy atom. The molecule has 0 saturated carbocycles. The van der Waals surface area contributed by atoms with Gasteiger partial charge < -0.3 is 11.1 Å². The molecule has 2 aromatic rings. The van der Waals surface area contributed by atoms with E-state index in [0.29, 0.717) is 12.1 Å². The van der Waals surface area contributed by atoms with Crippen molar-refractivity contribution in [3.05, 3.63) is 57.0 Å². The Bertz CT molecular complexity index is 597. The Hall–Kier alpha value is -1.33. The van der Waals surface area contributed by atoms with Crippen molar-refractivity contribution in [2.75, 3.05) is 11.1 Å². The van der Waals surface area contributed by atoms with Gasteiger partial charge in [-0.2, -0.15) is 0 Å². The van der Waals surface area contributed by atoms with Gasteiger partial charge in [0.05, 0.1) is 6.42 Å². The lowest BCUT2D eigenvalue weighted by molar-refractivity contribution is -0.115. The molecule has 0 aliphatic rings. The summed E-state index contributed by atoms with van der Waals surface area (Å²) in [7, 11) is 0. The highest BCUT2D eigenvalue weighted by atomic mass is 79.9. The molecule has 0 radical (unpaired) electrons. The number of hydrogen-bond acceptors (Lipinski definition) is 2. The third-order valence-electron chi connectivity index (χ3n) is 2.56. The lowest BCUT2D eigenvalue weighted by Gasteiger charge is -2.07. The Labute approximate surface area is 128 Å². The molecule has 0 bridgehead atoms. The van der Waals surface area contributed by atoms with Crippen molar-refractivity contribution in [2.24, 2.45) is 0 Å². The van der Waals surface area contributed by atoms with E-state index in [9.17, 15) is 4.79 Å². The normalized spacial score (nSPS) is 10.2. The SMILES string of the molecule is Nc1ccc(NC(=O)Cc2ccc(Br)cc2)cc1Br. The Kier molecular flexibility index (Phi) is 4.61. The molecule has 0 aliphatic carbocycles. The van der Waals surface area contributed by atoms with Crippen LogP contribution in [0.1, 0.15) is 5.56 Å². The average Bonchev–Trinajstić information content (AvgIpc) is 2.37. The maximum Gasteiger partial charge on any atom is 0.228 e. The smallest absolute Gasteiger partial charge is 0.228 e.